The molecule has 0 radical (unpaired) electrons. The highest BCUT2D eigenvalue weighted by Crippen LogP contribution is 2.28. The number of hydrogen-bond donors (Lipinski definition) is 1. The van der Waals surface area contributed by atoms with Gasteiger partial charge in [0.25, 0.3) is 0 Å². The van der Waals surface area contributed by atoms with E-state index in [-0.39, 0.29) is 5.54 Å². The summed E-state index contributed by atoms with van der Waals surface area (Å²) < 4.78 is 0. The van der Waals surface area contributed by atoms with Crippen molar-refractivity contribution in [2.45, 2.75) is 70.8 Å². The Bertz CT molecular complexity index is 259. The Morgan fingerprint density at radius 1 is 1.10 bits per heavy atom. The lowest BCUT2D eigenvalue weighted by atomic mass is 9.87. The Morgan fingerprint density at radius 3 is 2.24 bits per heavy atom. The van der Waals surface area contributed by atoms with Gasteiger partial charge in [-0.2, -0.15) is 0 Å². The first-order valence-electron chi connectivity index (χ1n) is 9.11. The van der Waals surface area contributed by atoms with Gasteiger partial charge in [-0.3, -0.25) is 4.90 Å². The van der Waals surface area contributed by atoms with Crippen LogP contribution in [0.1, 0.15) is 65.2 Å². The summed E-state index contributed by atoms with van der Waals surface area (Å²) in [6.07, 6.45) is 10.8. The fourth-order valence-electron chi connectivity index (χ4n) is 3.67. The zero-order chi connectivity index (χ0) is 15.7. The van der Waals surface area contributed by atoms with Crippen LogP contribution in [0.25, 0.3) is 0 Å². The van der Waals surface area contributed by atoms with Gasteiger partial charge in [-0.1, -0.05) is 39.0 Å². The fourth-order valence-corrected chi connectivity index (χ4v) is 3.67. The Kier molecular flexibility index (Phi) is 8.84. The molecule has 0 amide bonds. The average Bonchev–Trinajstić information content (AvgIpc) is 2.47. The van der Waals surface area contributed by atoms with Crippen molar-refractivity contribution in [3.8, 4) is 0 Å². The minimum atomic E-state index is 0.231. The number of nitrogens with two attached hydrogens (primary N) is 1. The van der Waals surface area contributed by atoms with E-state index in [4.69, 9.17) is 5.73 Å². The number of piperidine rings is 1. The van der Waals surface area contributed by atoms with Gasteiger partial charge >= 0.3 is 0 Å². The van der Waals surface area contributed by atoms with E-state index in [1.165, 1.54) is 71.0 Å². The van der Waals surface area contributed by atoms with E-state index in [1.54, 1.807) is 0 Å². The van der Waals surface area contributed by atoms with Gasteiger partial charge in [-0.15, -0.1) is 0 Å². The van der Waals surface area contributed by atoms with Crippen LogP contribution in [0.4, 0.5) is 0 Å². The van der Waals surface area contributed by atoms with Crippen LogP contribution in [0.2, 0.25) is 0 Å². The highest BCUT2D eigenvalue weighted by molar-refractivity contribution is 4.90. The Labute approximate surface area is 133 Å². The molecule has 1 aliphatic rings. The van der Waals surface area contributed by atoms with Crippen LogP contribution in [-0.4, -0.2) is 55.6 Å². The summed E-state index contributed by atoms with van der Waals surface area (Å²) in [6.45, 7) is 9.19. The molecule has 1 aliphatic heterocycles. The molecule has 2 N–H and O–H groups in total. The smallest absolute Gasteiger partial charge is 0.0303 e. The molecule has 0 bridgehead atoms. The van der Waals surface area contributed by atoms with Gasteiger partial charge in [0.05, 0.1) is 0 Å². The van der Waals surface area contributed by atoms with Crippen molar-refractivity contribution in [3.63, 3.8) is 0 Å². The Balaban J connectivity index is 2.34. The molecule has 126 valence electrons. The van der Waals surface area contributed by atoms with Crippen molar-refractivity contribution in [1.29, 1.82) is 0 Å². The number of rotatable bonds is 10. The van der Waals surface area contributed by atoms with Gasteiger partial charge < -0.3 is 10.6 Å². The third-order valence-electron chi connectivity index (χ3n) is 5.26. The summed E-state index contributed by atoms with van der Waals surface area (Å²) >= 11 is 0. The molecular formula is C18H39N3. The monoisotopic (exact) mass is 297 g/mol. The van der Waals surface area contributed by atoms with Crippen LogP contribution in [0.5, 0.6) is 0 Å². The molecule has 1 rings (SSSR count). The van der Waals surface area contributed by atoms with Crippen LogP contribution in [0, 0.1) is 5.92 Å². The largest absolute Gasteiger partial charge is 0.329 e. The molecule has 0 aliphatic carbocycles. The highest BCUT2D eigenvalue weighted by Gasteiger charge is 2.32. The molecule has 3 heteroatoms. The quantitative estimate of drug-likeness (QED) is 0.628. The van der Waals surface area contributed by atoms with Crippen LogP contribution < -0.4 is 5.73 Å². The first kappa shape index (κ1) is 18.9. The molecule has 0 aromatic rings. The maximum Gasteiger partial charge on any atom is 0.0303 e. The molecule has 0 aromatic heterocycles. The summed E-state index contributed by atoms with van der Waals surface area (Å²) in [5, 5.41) is 0. The van der Waals surface area contributed by atoms with E-state index in [9.17, 15) is 0 Å². The SMILES string of the molecule is CCCCCCCC(C)(CN)N1CCC(CN(C)C)CC1. The van der Waals surface area contributed by atoms with E-state index < -0.39 is 0 Å². The first-order chi connectivity index (χ1) is 10.0. The van der Waals surface area contributed by atoms with E-state index >= 15 is 0 Å². The minimum absolute atomic E-state index is 0.231. The molecular weight excluding hydrogens is 258 g/mol. The Hall–Kier alpha value is -0.120. The van der Waals surface area contributed by atoms with Crippen LogP contribution in [0.3, 0.4) is 0 Å². The number of likely N-dealkylation sites (tertiary alicyclic amines) is 1. The summed E-state index contributed by atoms with van der Waals surface area (Å²) in [5.41, 5.74) is 6.38. The van der Waals surface area contributed by atoms with Gasteiger partial charge in [0.15, 0.2) is 0 Å². The second kappa shape index (κ2) is 9.81. The highest BCUT2D eigenvalue weighted by atomic mass is 15.2. The van der Waals surface area contributed by atoms with Crippen molar-refractivity contribution < 1.29 is 0 Å². The number of unbranched alkanes of at least 4 members (excludes halogenated alkanes) is 4. The first-order valence-corrected chi connectivity index (χ1v) is 9.11. The second-order valence-electron chi connectivity index (χ2n) is 7.56. The second-order valence-corrected chi connectivity index (χ2v) is 7.56. The maximum absolute atomic E-state index is 6.14. The van der Waals surface area contributed by atoms with E-state index in [0.29, 0.717) is 0 Å². The summed E-state index contributed by atoms with van der Waals surface area (Å²) in [6, 6.07) is 0. The van der Waals surface area contributed by atoms with Crippen molar-refractivity contribution in [3.05, 3.63) is 0 Å². The summed E-state index contributed by atoms with van der Waals surface area (Å²) in [7, 11) is 4.37. The molecule has 0 spiro atoms. The molecule has 1 unspecified atom stereocenters. The van der Waals surface area contributed by atoms with Gasteiger partial charge in [-0.05, 0) is 59.3 Å². The van der Waals surface area contributed by atoms with E-state index in [1.807, 2.05) is 0 Å². The van der Waals surface area contributed by atoms with Crippen molar-refractivity contribution >= 4 is 0 Å². The van der Waals surface area contributed by atoms with Gasteiger partial charge in [0, 0.05) is 18.6 Å². The molecule has 21 heavy (non-hydrogen) atoms. The van der Waals surface area contributed by atoms with E-state index in [2.05, 4.69) is 37.7 Å². The van der Waals surface area contributed by atoms with Crippen LogP contribution >= 0.6 is 0 Å². The van der Waals surface area contributed by atoms with E-state index in [0.717, 1.165) is 12.5 Å². The minimum Gasteiger partial charge on any atom is -0.329 e. The van der Waals surface area contributed by atoms with Crippen LogP contribution in [0.15, 0.2) is 0 Å². The molecule has 1 fully saturated rings. The normalized spacial score (nSPS) is 20.9. The van der Waals surface area contributed by atoms with Gasteiger partial charge in [-0.25, -0.2) is 0 Å². The van der Waals surface area contributed by atoms with Crippen molar-refractivity contribution in [2.75, 3.05) is 40.3 Å². The molecule has 1 atom stereocenters. The summed E-state index contributed by atoms with van der Waals surface area (Å²) in [4.78, 5) is 5.01. The molecule has 3 nitrogen and oxygen atoms in total. The zero-order valence-electron chi connectivity index (χ0n) is 15.0. The van der Waals surface area contributed by atoms with Gasteiger partial charge in [0.2, 0.25) is 0 Å². The Morgan fingerprint density at radius 2 is 1.71 bits per heavy atom. The lowest BCUT2D eigenvalue weighted by Gasteiger charge is -2.45. The average molecular weight is 298 g/mol. The van der Waals surface area contributed by atoms with Crippen LogP contribution in [-0.2, 0) is 0 Å². The third kappa shape index (κ3) is 6.66. The molecule has 0 aromatic carbocycles. The van der Waals surface area contributed by atoms with Crippen molar-refractivity contribution in [1.82, 2.24) is 9.80 Å². The molecule has 1 heterocycles. The topological polar surface area (TPSA) is 32.5 Å². The molecule has 0 saturated carbocycles. The van der Waals surface area contributed by atoms with Gasteiger partial charge in [0.1, 0.15) is 0 Å². The third-order valence-corrected chi connectivity index (χ3v) is 5.26. The predicted octanol–water partition coefficient (Wildman–Crippen LogP) is 3.34. The number of nitrogens with zero attached hydrogens (tertiary/aromatic N) is 2. The number of hydrogen-bond acceptors (Lipinski definition) is 3. The lowest BCUT2D eigenvalue weighted by molar-refractivity contribution is 0.0539. The zero-order valence-corrected chi connectivity index (χ0v) is 15.0. The lowest BCUT2D eigenvalue weighted by Crippen LogP contribution is -2.54. The van der Waals surface area contributed by atoms with Crippen molar-refractivity contribution in [2.24, 2.45) is 11.7 Å². The maximum atomic E-state index is 6.14. The molecule has 1 saturated heterocycles. The summed E-state index contributed by atoms with van der Waals surface area (Å²) in [5.74, 6) is 0.878. The fraction of sp³-hybridized carbons (Fsp3) is 1.00. The standard InChI is InChI=1S/C18H39N3/c1-5-6-7-8-9-12-18(2,16-19)21-13-10-17(11-14-21)15-20(3)4/h17H,5-16,19H2,1-4H3. The predicted molar refractivity (Wildman–Crippen MR) is 93.7 cm³/mol.